The molecule has 3 heteroatoms. The van der Waals surface area contributed by atoms with Gasteiger partial charge in [-0.05, 0) is 31.9 Å². The molecule has 1 aromatic heterocycles. The summed E-state index contributed by atoms with van der Waals surface area (Å²) in [5.41, 5.74) is 2.34. The van der Waals surface area contributed by atoms with Gasteiger partial charge >= 0.3 is 0 Å². The molecule has 94 valence electrons. The summed E-state index contributed by atoms with van der Waals surface area (Å²) in [7, 11) is 0. The number of aryl methyl sites for hydroxylation is 1. The third-order valence-corrected chi connectivity index (χ3v) is 3.61. The van der Waals surface area contributed by atoms with E-state index in [1.165, 1.54) is 5.52 Å². The van der Waals surface area contributed by atoms with Gasteiger partial charge in [0, 0.05) is 12.6 Å². The van der Waals surface area contributed by atoms with Gasteiger partial charge in [-0.3, -0.25) is 0 Å². The Morgan fingerprint density at radius 3 is 2.83 bits per heavy atom. The van der Waals surface area contributed by atoms with Gasteiger partial charge in [-0.25, -0.2) is 4.98 Å². The second kappa shape index (κ2) is 4.94. The van der Waals surface area contributed by atoms with Crippen molar-refractivity contribution in [2.45, 2.75) is 38.9 Å². The molecule has 2 aromatic rings. The molecule has 3 nitrogen and oxygen atoms in total. The number of aromatic nitrogens is 2. The summed E-state index contributed by atoms with van der Waals surface area (Å²) < 4.78 is 2.30. The van der Waals surface area contributed by atoms with E-state index in [4.69, 9.17) is 4.98 Å². The van der Waals surface area contributed by atoms with Crippen LogP contribution in [0.1, 0.15) is 25.6 Å². The smallest absolute Gasteiger partial charge is 0.123 e. The Bertz CT molecular complexity index is 560. The molecule has 1 N–H and O–H groups in total. The van der Waals surface area contributed by atoms with Crippen LogP contribution in [0.15, 0.2) is 36.4 Å². The van der Waals surface area contributed by atoms with Crippen molar-refractivity contribution in [3.8, 4) is 0 Å². The molecular formula is C15H19N3. The number of hydrogen-bond donors (Lipinski definition) is 1. The maximum Gasteiger partial charge on any atom is 0.123 e. The summed E-state index contributed by atoms with van der Waals surface area (Å²) in [4.78, 5) is 4.72. The molecule has 0 saturated heterocycles. The molecule has 1 aromatic carbocycles. The second-order valence-electron chi connectivity index (χ2n) is 4.78. The quantitative estimate of drug-likeness (QED) is 0.834. The number of nitrogens with one attached hydrogen (secondary N) is 1. The predicted molar refractivity (Wildman–Crippen MR) is 74.4 cm³/mol. The SMILES string of the molecule is CCn1c(CNC2CC=CC2)nc2ccccc21. The van der Waals surface area contributed by atoms with Crippen molar-refractivity contribution in [3.63, 3.8) is 0 Å². The lowest BCUT2D eigenvalue weighted by molar-refractivity contribution is 0.515. The summed E-state index contributed by atoms with van der Waals surface area (Å²) in [6, 6.07) is 8.95. The summed E-state index contributed by atoms with van der Waals surface area (Å²) in [5.74, 6) is 1.14. The van der Waals surface area contributed by atoms with Crippen LogP contribution in [0.4, 0.5) is 0 Å². The van der Waals surface area contributed by atoms with Gasteiger partial charge in [0.25, 0.3) is 0 Å². The Hall–Kier alpha value is -1.61. The zero-order valence-electron chi connectivity index (χ0n) is 10.8. The summed E-state index contributed by atoms with van der Waals surface area (Å²) in [6.07, 6.45) is 6.79. The van der Waals surface area contributed by atoms with Gasteiger partial charge in [0.05, 0.1) is 17.6 Å². The largest absolute Gasteiger partial charge is 0.327 e. The molecule has 0 atom stereocenters. The molecule has 0 saturated carbocycles. The number of imidazole rings is 1. The average Bonchev–Trinajstić information content (AvgIpc) is 3.03. The van der Waals surface area contributed by atoms with Crippen molar-refractivity contribution < 1.29 is 0 Å². The lowest BCUT2D eigenvalue weighted by Gasteiger charge is -2.12. The molecular weight excluding hydrogens is 222 g/mol. The Kier molecular flexibility index (Phi) is 3.15. The van der Waals surface area contributed by atoms with Crippen LogP contribution >= 0.6 is 0 Å². The highest BCUT2D eigenvalue weighted by molar-refractivity contribution is 5.75. The minimum atomic E-state index is 0.593. The van der Waals surface area contributed by atoms with E-state index in [-0.39, 0.29) is 0 Å². The summed E-state index contributed by atoms with van der Waals surface area (Å²) in [6.45, 7) is 4.00. The third kappa shape index (κ3) is 2.06. The molecule has 0 aliphatic heterocycles. The topological polar surface area (TPSA) is 29.9 Å². The van der Waals surface area contributed by atoms with E-state index in [0.717, 1.165) is 37.3 Å². The van der Waals surface area contributed by atoms with Crippen molar-refractivity contribution in [1.82, 2.24) is 14.9 Å². The highest BCUT2D eigenvalue weighted by atomic mass is 15.1. The number of nitrogens with zero attached hydrogens (tertiary/aromatic N) is 2. The molecule has 1 aliphatic rings. The van der Waals surface area contributed by atoms with E-state index < -0.39 is 0 Å². The monoisotopic (exact) mass is 241 g/mol. The minimum absolute atomic E-state index is 0.593. The Morgan fingerprint density at radius 2 is 2.06 bits per heavy atom. The van der Waals surface area contributed by atoms with Crippen LogP contribution < -0.4 is 5.32 Å². The lowest BCUT2D eigenvalue weighted by atomic mass is 10.2. The molecule has 0 radical (unpaired) electrons. The normalized spacial score (nSPS) is 15.8. The van der Waals surface area contributed by atoms with E-state index in [9.17, 15) is 0 Å². The lowest BCUT2D eigenvalue weighted by Crippen LogP contribution is -2.27. The maximum atomic E-state index is 4.72. The van der Waals surface area contributed by atoms with Crippen LogP contribution in [0.5, 0.6) is 0 Å². The predicted octanol–water partition coefficient (Wildman–Crippen LogP) is 2.86. The van der Waals surface area contributed by atoms with Gasteiger partial charge in [0.15, 0.2) is 0 Å². The zero-order chi connectivity index (χ0) is 12.4. The average molecular weight is 241 g/mol. The first-order valence-corrected chi connectivity index (χ1v) is 6.71. The van der Waals surface area contributed by atoms with Gasteiger partial charge < -0.3 is 9.88 Å². The number of para-hydroxylation sites is 2. The minimum Gasteiger partial charge on any atom is -0.327 e. The van der Waals surface area contributed by atoms with E-state index in [0.29, 0.717) is 6.04 Å². The standard InChI is InChI=1S/C15H19N3/c1-2-18-14-10-6-5-9-13(14)17-15(18)11-16-12-7-3-4-8-12/h3-6,9-10,12,16H,2,7-8,11H2,1H3. The fourth-order valence-electron chi connectivity index (χ4n) is 2.63. The van der Waals surface area contributed by atoms with Gasteiger partial charge in [-0.15, -0.1) is 0 Å². The van der Waals surface area contributed by atoms with Gasteiger partial charge in [-0.2, -0.15) is 0 Å². The van der Waals surface area contributed by atoms with E-state index in [1.54, 1.807) is 0 Å². The second-order valence-corrected chi connectivity index (χ2v) is 4.78. The first-order valence-electron chi connectivity index (χ1n) is 6.71. The third-order valence-electron chi connectivity index (χ3n) is 3.61. The first-order chi connectivity index (χ1) is 8.88. The summed E-state index contributed by atoms with van der Waals surface area (Å²) in [5, 5.41) is 3.59. The Balaban J connectivity index is 1.82. The Labute approximate surface area is 108 Å². The van der Waals surface area contributed by atoms with Crippen molar-refractivity contribution in [2.24, 2.45) is 0 Å². The highest BCUT2D eigenvalue weighted by Crippen LogP contribution is 2.16. The number of hydrogen-bond acceptors (Lipinski definition) is 2. The van der Waals surface area contributed by atoms with Gasteiger partial charge in [-0.1, -0.05) is 24.3 Å². The van der Waals surface area contributed by atoms with Crippen LogP contribution in [0, 0.1) is 0 Å². The Morgan fingerprint density at radius 1 is 1.28 bits per heavy atom. The van der Waals surface area contributed by atoms with E-state index >= 15 is 0 Å². The molecule has 0 spiro atoms. The van der Waals surface area contributed by atoms with Crippen LogP contribution in [0.2, 0.25) is 0 Å². The fourth-order valence-corrected chi connectivity index (χ4v) is 2.63. The molecule has 3 rings (SSSR count). The highest BCUT2D eigenvalue weighted by Gasteiger charge is 2.12. The van der Waals surface area contributed by atoms with E-state index in [2.05, 4.69) is 47.2 Å². The number of benzene rings is 1. The van der Waals surface area contributed by atoms with Crippen LogP contribution in [0.25, 0.3) is 11.0 Å². The molecule has 1 heterocycles. The van der Waals surface area contributed by atoms with Crippen molar-refractivity contribution in [1.29, 1.82) is 0 Å². The molecule has 18 heavy (non-hydrogen) atoms. The van der Waals surface area contributed by atoms with Crippen molar-refractivity contribution >= 4 is 11.0 Å². The molecule has 0 fully saturated rings. The van der Waals surface area contributed by atoms with E-state index in [1.807, 2.05) is 6.07 Å². The zero-order valence-corrected chi connectivity index (χ0v) is 10.8. The molecule has 0 bridgehead atoms. The maximum absolute atomic E-state index is 4.72. The van der Waals surface area contributed by atoms with Crippen molar-refractivity contribution in [3.05, 3.63) is 42.2 Å². The summed E-state index contributed by atoms with van der Waals surface area (Å²) >= 11 is 0. The number of rotatable bonds is 4. The molecule has 0 unspecified atom stereocenters. The van der Waals surface area contributed by atoms with Crippen molar-refractivity contribution in [2.75, 3.05) is 0 Å². The fraction of sp³-hybridized carbons (Fsp3) is 0.400. The van der Waals surface area contributed by atoms with Gasteiger partial charge in [0.1, 0.15) is 5.82 Å². The molecule has 0 amide bonds. The van der Waals surface area contributed by atoms with Gasteiger partial charge in [0.2, 0.25) is 0 Å². The van der Waals surface area contributed by atoms with Crippen LogP contribution in [0.3, 0.4) is 0 Å². The van der Waals surface area contributed by atoms with Crippen LogP contribution in [-0.2, 0) is 13.1 Å². The number of fused-ring (bicyclic) bond motifs is 1. The molecule has 1 aliphatic carbocycles. The van der Waals surface area contributed by atoms with Crippen LogP contribution in [-0.4, -0.2) is 15.6 Å². The first kappa shape index (κ1) is 11.5.